The lowest BCUT2D eigenvalue weighted by Crippen LogP contribution is -2.20. The number of hydrogen-bond acceptors (Lipinski definition) is 15. The molecule has 0 unspecified atom stereocenters. The van der Waals surface area contributed by atoms with Crippen LogP contribution in [0.5, 0.6) is 11.5 Å². The number of aliphatic carboxylic acids is 3. The van der Waals surface area contributed by atoms with Gasteiger partial charge in [-0.2, -0.15) is 17.6 Å². The number of rotatable bonds is 29. The van der Waals surface area contributed by atoms with Gasteiger partial charge in [0.15, 0.2) is 11.5 Å². The zero-order valence-corrected chi connectivity index (χ0v) is 45.9. The highest BCUT2D eigenvalue weighted by molar-refractivity contribution is 6.10. The summed E-state index contributed by atoms with van der Waals surface area (Å²) in [6, 6.07) is 14.7. The van der Waals surface area contributed by atoms with Crippen molar-refractivity contribution in [3.8, 4) is 11.5 Å². The number of nitrogens with two attached hydrogens (primary N) is 2. The van der Waals surface area contributed by atoms with E-state index in [0.717, 1.165) is 55.7 Å². The fourth-order valence-electron chi connectivity index (χ4n) is 7.06. The fourth-order valence-corrected chi connectivity index (χ4v) is 7.06. The van der Waals surface area contributed by atoms with Gasteiger partial charge in [0.2, 0.25) is 11.7 Å². The van der Waals surface area contributed by atoms with Gasteiger partial charge in [-0.15, -0.1) is 0 Å². The number of nitro benzene ring substituents is 2. The molecule has 25 nitrogen and oxygen atoms in total. The van der Waals surface area contributed by atoms with Gasteiger partial charge in [0.05, 0.1) is 46.8 Å². The van der Waals surface area contributed by atoms with Crippen molar-refractivity contribution in [3.05, 3.63) is 144 Å². The Kier molecular flexibility index (Phi) is 35.3. The largest absolute Gasteiger partial charge is 0.493 e. The van der Waals surface area contributed by atoms with Crippen LogP contribution in [-0.4, -0.2) is 109 Å². The fraction of sp³-hybridized carbons (Fsp3) is 0.382. The van der Waals surface area contributed by atoms with Gasteiger partial charge in [-0.25, -0.2) is 19.2 Å². The predicted octanol–water partition coefficient (Wildman–Crippen LogP) is 10.8. The summed E-state index contributed by atoms with van der Waals surface area (Å²) >= 11 is 0. The number of nitrogens with one attached hydrogen (secondary N) is 1. The van der Waals surface area contributed by atoms with E-state index in [1.54, 1.807) is 0 Å². The number of carboxylic acid groups (broad SMARTS) is 6. The Bertz CT molecular complexity index is 2840. The standard InChI is InChI=1S/C20H37NO3.C14H9FN2O5.C9H9NO6.C9H9NO4.C3H3F3O2/c1-2-3-4-5-6-7-8-9-10-11-12-13-14-15-16-18(20(23)24)17-19(21)22;15-11-6-5-8(7-12(11)17(21)22)16-13(18)9-3-1-2-4-10(9)14(19)20;1-15-7-3-5(9(11)12)6(10(13)14)4-8(7)16-2;10-7(9(13)14)5-1-3-6(4-2-5)8(11)12;4-3(5,6)1-2(7)8/h17H,2-16H2,1H3,(H2,21,22)(H,23,24);1-7H,(H,16,18)(H,19,20);3-4H,1-2H3,(H,11,12);1-4,7H,10H2,(H,11,12)(H,13,14);1H2,(H,7,8)/b18-17-;;;;/t;;;7-;/m...0./s1. The quantitative estimate of drug-likeness (QED) is 0.00801. The van der Waals surface area contributed by atoms with Crippen molar-refractivity contribution in [2.45, 2.75) is 122 Å². The molecular formula is C55H67F4N5O20. The molecule has 0 aromatic heterocycles. The summed E-state index contributed by atoms with van der Waals surface area (Å²) in [6.45, 7) is 2.25. The minimum Gasteiger partial charge on any atom is -0.493 e. The highest BCUT2D eigenvalue weighted by Crippen LogP contribution is 2.34. The number of carboxylic acids is 6. The average Bonchev–Trinajstić information content (AvgIpc) is 3.64. The first-order valence-electron chi connectivity index (χ1n) is 25.5. The van der Waals surface area contributed by atoms with Gasteiger partial charge in [-0.1, -0.05) is 115 Å². The van der Waals surface area contributed by atoms with E-state index >= 15 is 0 Å². The highest BCUT2D eigenvalue weighted by atomic mass is 19.4. The van der Waals surface area contributed by atoms with Crippen LogP contribution in [0, 0.1) is 26.0 Å². The molecule has 11 N–H and O–H groups in total. The van der Waals surface area contributed by atoms with Crippen LogP contribution in [0.1, 0.15) is 163 Å². The molecule has 29 heteroatoms. The lowest BCUT2D eigenvalue weighted by molar-refractivity contribution is -0.387. The third kappa shape index (κ3) is 30.9. The van der Waals surface area contributed by atoms with E-state index < -0.39 is 98.9 Å². The number of primary amides is 1. The number of aromatic carboxylic acids is 3. The van der Waals surface area contributed by atoms with E-state index in [1.165, 1.54) is 133 Å². The molecule has 4 rings (SSSR count). The molecule has 0 saturated heterocycles. The maximum absolute atomic E-state index is 13.2. The number of benzene rings is 4. The van der Waals surface area contributed by atoms with Gasteiger partial charge in [-0.05, 0) is 54.8 Å². The summed E-state index contributed by atoms with van der Waals surface area (Å²) in [7, 11) is 2.62. The van der Waals surface area contributed by atoms with Crippen molar-refractivity contribution in [1.82, 2.24) is 0 Å². The number of alkyl halides is 3. The van der Waals surface area contributed by atoms with Crippen LogP contribution in [0.2, 0.25) is 0 Å². The normalized spacial score (nSPS) is 10.9. The zero-order chi connectivity index (χ0) is 64.1. The maximum Gasteiger partial charge on any atom is 0.399 e. The van der Waals surface area contributed by atoms with Crippen LogP contribution >= 0.6 is 0 Å². The molecular weight excluding hydrogens is 1130 g/mol. The van der Waals surface area contributed by atoms with Gasteiger partial charge in [0.25, 0.3) is 11.6 Å². The first-order chi connectivity index (χ1) is 39.4. The molecule has 0 heterocycles. The number of carbonyl (C=O) groups is 8. The summed E-state index contributed by atoms with van der Waals surface area (Å²) in [5.74, 6) is -10.0. The average molecular weight is 1190 g/mol. The summed E-state index contributed by atoms with van der Waals surface area (Å²) in [5.41, 5.74) is 8.82. The predicted molar refractivity (Wildman–Crippen MR) is 294 cm³/mol. The van der Waals surface area contributed by atoms with E-state index in [4.69, 9.17) is 51.6 Å². The number of unbranched alkanes of at least 4 members (excludes halogenated alkanes) is 13. The van der Waals surface area contributed by atoms with E-state index in [1.807, 2.05) is 0 Å². The molecule has 2 amide bonds. The minimum absolute atomic E-state index is 0.0155. The monoisotopic (exact) mass is 1190 g/mol. The molecule has 0 aliphatic carbocycles. The summed E-state index contributed by atoms with van der Waals surface area (Å²) in [4.78, 5) is 105. The Balaban J connectivity index is 0.00000106. The van der Waals surface area contributed by atoms with E-state index in [0.29, 0.717) is 12.0 Å². The van der Waals surface area contributed by atoms with Crippen molar-refractivity contribution in [2.24, 2.45) is 11.5 Å². The van der Waals surface area contributed by atoms with E-state index in [9.17, 15) is 76.1 Å². The van der Waals surface area contributed by atoms with Crippen LogP contribution in [0.25, 0.3) is 0 Å². The molecule has 1 atom stereocenters. The molecule has 4 aromatic carbocycles. The van der Waals surface area contributed by atoms with Crippen molar-refractivity contribution >= 4 is 64.7 Å². The SMILES string of the molecule is CCCCCCCCCCCCCCCC/C(=C/C(N)=O)C(=O)O.COc1cc(C(=O)O)c([N+](=O)[O-])cc1OC.N[C@H](C(=O)O)c1ccc(C(=O)O)cc1.O=C(O)CC(F)(F)F.O=C(O)c1ccccc1C(=O)Nc1ccc(F)c([N+](=O)[O-])c1. The molecule has 0 aliphatic heterocycles. The maximum atomic E-state index is 13.2. The lowest BCUT2D eigenvalue weighted by Gasteiger charge is -2.08. The second kappa shape index (κ2) is 39.8. The summed E-state index contributed by atoms with van der Waals surface area (Å²) < 4.78 is 55.7. The topological polar surface area (TPSA) is 427 Å². The Morgan fingerprint density at radius 2 is 1.10 bits per heavy atom. The van der Waals surface area contributed by atoms with Crippen molar-refractivity contribution < 1.29 is 106 Å². The molecule has 0 aliphatic rings. The molecule has 0 radical (unpaired) electrons. The third-order valence-electron chi connectivity index (χ3n) is 11.3. The molecule has 84 heavy (non-hydrogen) atoms. The first-order valence-corrected chi connectivity index (χ1v) is 25.5. The van der Waals surface area contributed by atoms with Crippen molar-refractivity contribution in [3.63, 3.8) is 0 Å². The Hall–Kier alpha value is -9.54. The van der Waals surface area contributed by atoms with Crippen LogP contribution in [0.3, 0.4) is 0 Å². The lowest BCUT2D eigenvalue weighted by atomic mass is 10.0. The number of carbonyl (C=O) groups excluding carboxylic acids is 2. The van der Waals surface area contributed by atoms with Gasteiger partial charge < -0.3 is 56.9 Å². The number of methoxy groups -OCH3 is 2. The van der Waals surface area contributed by atoms with E-state index in [2.05, 4.69) is 12.2 Å². The number of halogens is 4. The molecule has 0 spiro atoms. The number of amides is 2. The Morgan fingerprint density at radius 3 is 1.48 bits per heavy atom. The van der Waals surface area contributed by atoms with Gasteiger partial charge in [0.1, 0.15) is 18.0 Å². The van der Waals surface area contributed by atoms with Gasteiger partial charge in [0, 0.05) is 29.5 Å². The van der Waals surface area contributed by atoms with Gasteiger partial charge >= 0.3 is 47.7 Å². The van der Waals surface area contributed by atoms with Crippen LogP contribution < -0.4 is 26.3 Å². The number of hydrogen-bond donors (Lipinski definition) is 9. The summed E-state index contributed by atoms with van der Waals surface area (Å²) in [5, 5.41) is 75.0. The van der Waals surface area contributed by atoms with Crippen molar-refractivity contribution in [1.29, 1.82) is 0 Å². The first kappa shape index (κ1) is 74.5. The number of nitrogens with zero attached hydrogens (tertiary/aromatic N) is 2. The Morgan fingerprint density at radius 1 is 0.631 bits per heavy atom. The Labute approximate surface area is 478 Å². The second-order valence-electron chi connectivity index (χ2n) is 17.7. The zero-order valence-electron chi connectivity index (χ0n) is 45.9. The number of nitro groups is 2. The summed E-state index contributed by atoms with van der Waals surface area (Å²) in [6.07, 6.45) is 12.9. The van der Waals surface area contributed by atoms with Gasteiger partial charge in [-0.3, -0.25) is 39.4 Å². The van der Waals surface area contributed by atoms with Crippen LogP contribution in [0.4, 0.5) is 34.6 Å². The molecule has 0 saturated carbocycles. The van der Waals surface area contributed by atoms with Crippen LogP contribution in [0.15, 0.2) is 90.5 Å². The molecule has 460 valence electrons. The van der Waals surface area contributed by atoms with Crippen molar-refractivity contribution in [2.75, 3.05) is 19.5 Å². The second-order valence-corrected chi connectivity index (χ2v) is 17.7. The number of ether oxygens (including phenoxy) is 2. The smallest absolute Gasteiger partial charge is 0.399 e. The molecule has 0 bridgehead atoms. The third-order valence-corrected chi connectivity index (χ3v) is 11.3. The molecule has 4 aromatic rings. The number of anilines is 1. The molecule has 0 fully saturated rings. The van der Waals surface area contributed by atoms with Crippen LogP contribution in [-0.2, 0) is 19.2 Å². The minimum atomic E-state index is -4.58. The van der Waals surface area contributed by atoms with E-state index in [-0.39, 0.29) is 39.4 Å². The highest BCUT2D eigenvalue weighted by Gasteiger charge is 2.31.